The Bertz CT molecular complexity index is 3210. The molecule has 2 aliphatic heterocycles. The number of rotatable bonds is 6. The maximum absolute atomic E-state index is 5.52. The number of aromatic nitrogens is 1. The minimum absolute atomic E-state index is 0.0379. The van der Waals surface area contributed by atoms with E-state index in [0.717, 1.165) is 17.9 Å². The lowest BCUT2D eigenvalue weighted by atomic mass is 9.86. The maximum Gasteiger partial charge on any atom is 0.129 e. The lowest BCUT2D eigenvalue weighted by molar-refractivity contribution is 0.721. The molecule has 3 atom stereocenters. The van der Waals surface area contributed by atoms with Crippen molar-refractivity contribution < 1.29 is 0 Å². The minimum Gasteiger partial charge on any atom is -0.319 e. The molecule has 0 amide bonds. The predicted octanol–water partition coefficient (Wildman–Crippen LogP) is 14.7. The van der Waals surface area contributed by atoms with Gasteiger partial charge in [-0.1, -0.05) is 182 Å². The Morgan fingerprint density at radius 2 is 1.10 bits per heavy atom. The van der Waals surface area contributed by atoms with Gasteiger partial charge < -0.3 is 9.47 Å². The summed E-state index contributed by atoms with van der Waals surface area (Å²) >= 11 is 0. The maximum atomic E-state index is 5.52. The molecule has 3 nitrogen and oxygen atoms in total. The number of benzene rings is 8. The molecule has 12 rings (SSSR count). The largest absolute Gasteiger partial charge is 0.319 e. The molecular formula is C59H43N3. The lowest BCUT2D eigenvalue weighted by Gasteiger charge is -2.33. The first kappa shape index (κ1) is 36.1. The van der Waals surface area contributed by atoms with E-state index in [-0.39, 0.29) is 18.0 Å². The third-order valence-electron chi connectivity index (χ3n) is 13.0. The second-order valence-corrected chi connectivity index (χ2v) is 16.7. The van der Waals surface area contributed by atoms with E-state index in [2.05, 4.69) is 240 Å². The summed E-state index contributed by atoms with van der Waals surface area (Å²) in [6, 6.07) is 75.0. The summed E-state index contributed by atoms with van der Waals surface area (Å²) in [6.45, 7) is 0. The van der Waals surface area contributed by atoms with Gasteiger partial charge in [-0.25, -0.2) is 0 Å². The number of hydrogen-bond acceptors (Lipinski definition) is 2. The molecule has 1 aliphatic carbocycles. The molecule has 0 saturated heterocycles. The van der Waals surface area contributed by atoms with Gasteiger partial charge in [0.1, 0.15) is 5.84 Å². The van der Waals surface area contributed by atoms with Gasteiger partial charge in [-0.05, 0) is 111 Å². The molecule has 1 aromatic heterocycles. The molecule has 8 aromatic carbocycles. The van der Waals surface area contributed by atoms with Gasteiger partial charge >= 0.3 is 0 Å². The van der Waals surface area contributed by atoms with Crippen molar-refractivity contribution in [3.63, 3.8) is 0 Å². The van der Waals surface area contributed by atoms with Gasteiger partial charge in [0.2, 0.25) is 0 Å². The van der Waals surface area contributed by atoms with Gasteiger partial charge in [-0.3, -0.25) is 4.99 Å². The molecule has 3 aliphatic rings. The molecule has 0 radical (unpaired) electrons. The molecule has 0 spiro atoms. The van der Waals surface area contributed by atoms with Crippen LogP contribution in [0.1, 0.15) is 40.6 Å². The molecule has 0 saturated carbocycles. The molecule has 9 aromatic rings. The zero-order chi connectivity index (χ0) is 41.0. The average Bonchev–Trinajstić information content (AvgIpc) is 3.87. The molecule has 3 unspecified atom stereocenters. The summed E-state index contributed by atoms with van der Waals surface area (Å²) in [5, 5.41) is 2.49. The standard InChI is InChI=1S/C59H43N3/c1-5-17-40(18-6-1)46-33-47(41-19-7-2-8-20-41)35-49(34-46)61-55-27-15-13-25-50(55)52-36-44(29-31-57(52)61)45-30-32-58-53(37-45)51-26-14-16-28-56(51)62(58)59-39-48(42-21-9-3-10-22-42)38-54(60-59)43-23-11-4-12-24-43/h1-37,39,53-54,58H,38H2. The quantitative estimate of drug-likeness (QED) is 0.164. The molecule has 3 heterocycles. The van der Waals surface area contributed by atoms with Gasteiger partial charge in [0, 0.05) is 28.1 Å². The van der Waals surface area contributed by atoms with Crippen LogP contribution < -0.4 is 4.90 Å². The van der Waals surface area contributed by atoms with E-state index in [1.807, 2.05) is 0 Å². The van der Waals surface area contributed by atoms with Crippen molar-refractivity contribution in [2.45, 2.75) is 24.4 Å². The number of para-hydroxylation sites is 2. The summed E-state index contributed by atoms with van der Waals surface area (Å²) in [7, 11) is 0. The second kappa shape index (κ2) is 15.1. The first-order valence-corrected chi connectivity index (χ1v) is 21.7. The van der Waals surface area contributed by atoms with E-state index in [9.17, 15) is 0 Å². The number of hydrogen-bond donors (Lipinski definition) is 0. The summed E-state index contributed by atoms with van der Waals surface area (Å²) in [5.74, 6) is 1.19. The van der Waals surface area contributed by atoms with Gasteiger partial charge in [0.15, 0.2) is 0 Å². The van der Waals surface area contributed by atoms with E-state index in [4.69, 9.17) is 4.99 Å². The fourth-order valence-electron chi connectivity index (χ4n) is 10.1. The van der Waals surface area contributed by atoms with Crippen LogP contribution in [0.3, 0.4) is 0 Å². The highest BCUT2D eigenvalue weighted by Crippen LogP contribution is 2.48. The third kappa shape index (κ3) is 6.24. The van der Waals surface area contributed by atoms with Gasteiger partial charge in [0.25, 0.3) is 0 Å². The third-order valence-corrected chi connectivity index (χ3v) is 13.0. The first-order valence-electron chi connectivity index (χ1n) is 21.7. The average molecular weight is 794 g/mol. The van der Waals surface area contributed by atoms with E-state index in [1.165, 1.54) is 83.1 Å². The highest BCUT2D eigenvalue weighted by atomic mass is 15.2. The Hall–Kier alpha value is -7.75. The van der Waals surface area contributed by atoms with Crippen molar-refractivity contribution in [3.05, 3.63) is 253 Å². The van der Waals surface area contributed by atoms with Crippen molar-refractivity contribution in [1.29, 1.82) is 0 Å². The summed E-state index contributed by atoms with van der Waals surface area (Å²) < 4.78 is 2.45. The summed E-state index contributed by atoms with van der Waals surface area (Å²) in [6.07, 6.45) is 10.5. The van der Waals surface area contributed by atoms with Crippen molar-refractivity contribution in [3.8, 4) is 27.9 Å². The number of amidine groups is 1. The minimum atomic E-state index is 0.0379. The Balaban J connectivity index is 0.953. The number of aliphatic imine (C=N–C) groups is 1. The van der Waals surface area contributed by atoms with Gasteiger partial charge in [-0.2, -0.15) is 0 Å². The molecule has 0 N–H and O–H groups in total. The number of anilines is 1. The number of fused-ring (bicyclic) bond motifs is 6. The second-order valence-electron chi connectivity index (χ2n) is 16.7. The van der Waals surface area contributed by atoms with Crippen LogP contribution in [0.15, 0.2) is 236 Å². The normalized spacial score (nSPS) is 18.0. The number of allylic oxidation sites excluding steroid dienone is 2. The zero-order valence-electron chi connectivity index (χ0n) is 34.2. The van der Waals surface area contributed by atoms with Crippen molar-refractivity contribution in [1.82, 2.24) is 4.57 Å². The number of dihydropyridines is 1. The van der Waals surface area contributed by atoms with Gasteiger partial charge in [0.05, 0.1) is 23.1 Å². The fraction of sp³-hybridized carbons (Fsp3) is 0.0678. The van der Waals surface area contributed by atoms with Crippen LogP contribution in [0.2, 0.25) is 0 Å². The molecule has 294 valence electrons. The SMILES string of the molecule is C1=CC2C(C=C1c1ccc3c(c1)c1ccccc1n3-c1cc(-c3ccccc3)cc(-c3ccccc3)c1)c1ccccc1N2C1=NC(c2ccccc2)CC(c2ccccc2)=C1. The Labute approximate surface area is 362 Å². The molecule has 62 heavy (non-hydrogen) atoms. The molecule has 3 heteroatoms. The Kier molecular flexibility index (Phi) is 8.78. The van der Waals surface area contributed by atoms with E-state index < -0.39 is 0 Å². The van der Waals surface area contributed by atoms with E-state index >= 15 is 0 Å². The lowest BCUT2D eigenvalue weighted by Crippen LogP contribution is -2.38. The van der Waals surface area contributed by atoms with Gasteiger partial charge in [-0.15, -0.1) is 0 Å². The highest BCUT2D eigenvalue weighted by Gasteiger charge is 2.40. The smallest absolute Gasteiger partial charge is 0.129 e. The van der Waals surface area contributed by atoms with Crippen molar-refractivity contribution in [2.24, 2.45) is 4.99 Å². The number of nitrogens with zero attached hydrogens (tertiary/aromatic N) is 3. The van der Waals surface area contributed by atoms with Crippen LogP contribution in [0.25, 0.3) is 60.9 Å². The first-order chi connectivity index (χ1) is 30.7. The van der Waals surface area contributed by atoms with Crippen LogP contribution in [0.5, 0.6) is 0 Å². The fourth-order valence-corrected chi connectivity index (χ4v) is 10.1. The van der Waals surface area contributed by atoms with Crippen LogP contribution >= 0.6 is 0 Å². The monoisotopic (exact) mass is 793 g/mol. The van der Waals surface area contributed by atoms with Crippen molar-refractivity contribution in [2.75, 3.05) is 4.90 Å². The highest BCUT2D eigenvalue weighted by molar-refractivity contribution is 6.13. The van der Waals surface area contributed by atoms with Crippen LogP contribution in [-0.2, 0) is 0 Å². The predicted molar refractivity (Wildman–Crippen MR) is 260 cm³/mol. The van der Waals surface area contributed by atoms with Crippen molar-refractivity contribution >= 4 is 44.5 Å². The van der Waals surface area contributed by atoms with E-state index in [0.29, 0.717) is 0 Å². The summed E-state index contributed by atoms with van der Waals surface area (Å²) in [5.41, 5.74) is 17.2. The molecular weight excluding hydrogens is 751 g/mol. The van der Waals surface area contributed by atoms with Crippen LogP contribution in [0, 0.1) is 0 Å². The Morgan fingerprint density at radius 3 is 1.82 bits per heavy atom. The van der Waals surface area contributed by atoms with E-state index in [1.54, 1.807) is 0 Å². The molecule has 0 bridgehead atoms. The summed E-state index contributed by atoms with van der Waals surface area (Å²) in [4.78, 5) is 8.01. The van der Waals surface area contributed by atoms with Crippen LogP contribution in [0.4, 0.5) is 5.69 Å². The Morgan fingerprint density at radius 1 is 0.484 bits per heavy atom. The van der Waals surface area contributed by atoms with Crippen LogP contribution in [-0.4, -0.2) is 16.4 Å². The topological polar surface area (TPSA) is 20.5 Å². The zero-order valence-corrected chi connectivity index (χ0v) is 34.2. The molecule has 0 fully saturated rings.